The minimum atomic E-state index is -0.114. The van der Waals surface area contributed by atoms with E-state index in [-0.39, 0.29) is 11.7 Å². The highest BCUT2D eigenvalue weighted by molar-refractivity contribution is 5.96. The van der Waals surface area contributed by atoms with Gasteiger partial charge in [-0.15, -0.1) is 0 Å². The van der Waals surface area contributed by atoms with Gasteiger partial charge in [-0.1, -0.05) is 42.5 Å². The third-order valence-electron chi connectivity index (χ3n) is 4.11. The Morgan fingerprint density at radius 2 is 1.71 bits per heavy atom. The smallest absolute Gasteiger partial charge is 0.163 e. The van der Waals surface area contributed by atoms with E-state index in [1.165, 1.54) is 0 Å². The molecule has 0 bridgehead atoms. The van der Waals surface area contributed by atoms with E-state index in [1.54, 1.807) is 7.11 Å². The summed E-state index contributed by atoms with van der Waals surface area (Å²) >= 11 is 0. The van der Waals surface area contributed by atoms with Crippen molar-refractivity contribution in [3.8, 4) is 5.75 Å². The first-order valence-electron chi connectivity index (χ1n) is 7.96. The lowest BCUT2D eigenvalue weighted by molar-refractivity contribution is 0.0975. The largest absolute Gasteiger partial charge is 0.497 e. The summed E-state index contributed by atoms with van der Waals surface area (Å²) in [5, 5.41) is 0. The fourth-order valence-corrected chi connectivity index (χ4v) is 2.79. The molecule has 0 spiro atoms. The van der Waals surface area contributed by atoms with Gasteiger partial charge in [0.05, 0.1) is 7.11 Å². The van der Waals surface area contributed by atoms with Crippen molar-refractivity contribution in [2.75, 3.05) is 7.11 Å². The van der Waals surface area contributed by atoms with Crippen molar-refractivity contribution in [1.82, 2.24) is 0 Å². The van der Waals surface area contributed by atoms with Crippen LogP contribution in [0.3, 0.4) is 0 Å². The van der Waals surface area contributed by atoms with E-state index >= 15 is 0 Å². The summed E-state index contributed by atoms with van der Waals surface area (Å²) in [5.74, 6) is 2.43. The molecular formula is C21H20O3. The maximum absolute atomic E-state index is 12.7. The fourth-order valence-electron chi connectivity index (χ4n) is 2.79. The maximum atomic E-state index is 12.7. The molecule has 0 radical (unpaired) electrons. The van der Waals surface area contributed by atoms with Crippen LogP contribution in [0.1, 0.15) is 39.8 Å². The van der Waals surface area contributed by atoms with Gasteiger partial charge in [0, 0.05) is 17.9 Å². The molecule has 1 aromatic heterocycles. The zero-order valence-electron chi connectivity index (χ0n) is 13.9. The molecule has 24 heavy (non-hydrogen) atoms. The molecule has 1 heterocycles. The van der Waals surface area contributed by atoms with E-state index in [9.17, 15) is 4.79 Å². The van der Waals surface area contributed by atoms with Gasteiger partial charge in [-0.05, 0) is 36.8 Å². The van der Waals surface area contributed by atoms with E-state index in [2.05, 4.69) is 0 Å². The molecule has 3 heteroatoms. The average Bonchev–Trinajstić information content (AvgIpc) is 3.06. The molecule has 0 aliphatic carbocycles. The quantitative estimate of drug-likeness (QED) is 0.600. The van der Waals surface area contributed by atoms with Gasteiger partial charge in [0.25, 0.3) is 0 Å². The Hall–Kier alpha value is -2.81. The fraction of sp³-hybridized carbons (Fsp3) is 0.190. The molecule has 0 aliphatic heterocycles. The minimum Gasteiger partial charge on any atom is -0.497 e. The maximum Gasteiger partial charge on any atom is 0.163 e. The van der Waals surface area contributed by atoms with Crippen LogP contribution in [0, 0.1) is 6.92 Å². The van der Waals surface area contributed by atoms with Crippen molar-refractivity contribution >= 4 is 5.78 Å². The van der Waals surface area contributed by atoms with Crippen molar-refractivity contribution in [1.29, 1.82) is 0 Å². The van der Waals surface area contributed by atoms with Gasteiger partial charge in [-0.25, -0.2) is 0 Å². The molecule has 0 fully saturated rings. The first kappa shape index (κ1) is 16.1. The molecule has 1 unspecified atom stereocenters. The average molecular weight is 320 g/mol. The van der Waals surface area contributed by atoms with Crippen LogP contribution in [0.2, 0.25) is 0 Å². The van der Waals surface area contributed by atoms with Crippen LogP contribution >= 0.6 is 0 Å². The number of Topliss-reactive ketones (excluding diaryl/α,β-unsaturated/α-hetero) is 1. The third-order valence-corrected chi connectivity index (χ3v) is 4.11. The van der Waals surface area contributed by atoms with Crippen molar-refractivity contribution < 1.29 is 13.9 Å². The van der Waals surface area contributed by atoms with Crippen LogP contribution in [0.15, 0.2) is 71.1 Å². The summed E-state index contributed by atoms with van der Waals surface area (Å²) in [6, 6.07) is 21.0. The number of furan rings is 1. The van der Waals surface area contributed by atoms with Crippen LogP contribution in [0.25, 0.3) is 0 Å². The second-order valence-corrected chi connectivity index (χ2v) is 5.77. The number of hydrogen-bond donors (Lipinski definition) is 0. The molecule has 0 saturated carbocycles. The minimum absolute atomic E-state index is 0.102. The molecule has 0 aliphatic rings. The van der Waals surface area contributed by atoms with E-state index in [4.69, 9.17) is 9.15 Å². The number of methoxy groups -OCH3 is 1. The number of hydrogen-bond acceptors (Lipinski definition) is 3. The van der Waals surface area contributed by atoms with Crippen molar-refractivity contribution in [3.63, 3.8) is 0 Å². The van der Waals surface area contributed by atoms with Gasteiger partial charge in [-0.2, -0.15) is 0 Å². The number of ether oxygens (including phenoxy) is 1. The van der Waals surface area contributed by atoms with Crippen LogP contribution < -0.4 is 4.74 Å². The van der Waals surface area contributed by atoms with Gasteiger partial charge in [0.2, 0.25) is 0 Å². The predicted octanol–water partition coefficient (Wildman–Crippen LogP) is 5.00. The molecule has 3 aromatic rings. The molecule has 0 amide bonds. The van der Waals surface area contributed by atoms with Gasteiger partial charge in [-0.3, -0.25) is 4.79 Å². The van der Waals surface area contributed by atoms with Gasteiger partial charge in [0.1, 0.15) is 17.3 Å². The normalized spacial score (nSPS) is 11.9. The highest BCUT2D eigenvalue weighted by Crippen LogP contribution is 2.31. The Kier molecular flexibility index (Phi) is 4.80. The standard InChI is InChI=1S/C21H20O3/c1-15-8-13-21(24-15)19(16-9-11-18(23-2)12-10-16)14-20(22)17-6-4-3-5-7-17/h3-13,19H,14H2,1-2H3. The Morgan fingerprint density at radius 3 is 2.29 bits per heavy atom. The lowest BCUT2D eigenvalue weighted by Gasteiger charge is -2.15. The topological polar surface area (TPSA) is 39.4 Å². The van der Waals surface area contributed by atoms with Gasteiger partial charge < -0.3 is 9.15 Å². The first-order valence-corrected chi connectivity index (χ1v) is 7.96. The first-order chi connectivity index (χ1) is 11.7. The zero-order valence-corrected chi connectivity index (χ0v) is 13.9. The molecule has 2 aromatic carbocycles. The van der Waals surface area contributed by atoms with E-state index in [0.717, 1.165) is 28.4 Å². The predicted molar refractivity (Wildman–Crippen MR) is 93.7 cm³/mol. The number of ketones is 1. The van der Waals surface area contributed by atoms with Gasteiger partial charge in [0.15, 0.2) is 5.78 Å². The van der Waals surface area contributed by atoms with Crippen LogP contribution in [0.5, 0.6) is 5.75 Å². The van der Waals surface area contributed by atoms with E-state index in [0.29, 0.717) is 6.42 Å². The molecule has 0 saturated heterocycles. The van der Waals surface area contributed by atoms with Crippen molar-refractivity contribution in [2.24, 2.45) is 0 Å². The molecule has 122 valence electrons. The number of rotatable bonds is 6. The summed E-state index contributed by atoms with van der Waals surface area (Å²) in [6.07, 6.45) is 0.364. The SMILES string of the molecule is COc1ccc(C(CC(=O)c2ccccc2)c2ccc(C)o2)cc1. The highest BCUT2D eigenvalue weighted by atomic mass is 16.5. The molecule has 0 N–H and O–H groups in total. The molecule has 1 atom stereocenters. The highest BCUT2D eigenvalue weighted by Gasteiger charge is 2.22. The summed E-state index contributed by atoms with van der Waals surface area (Å²) < 4.78 is 11.0. The molecule has 3 nitrogen and oxygen atoms in total. The third kappa shape index (κ3) is 3.57. The van der Waals surface area contributed by atoms with Crippen molar-refractivity contribution in [3.05, 3.63) is 89.4 Å². The Bertz CT molecular complexity index is 801. The lowest BCUT2D eigenvalue weighted by atomic mass is 9.89. The Balaban J connectivity index is 1.91. The number of carbonyl (C=O) groups is 1. The molecule has 3 rings (SSSR count). The van der Waals surface area contributed by atoms with Crippen LogP contribution in [-0.2, 0) is 0 Å². The zero-order chi connectivity index (χ0) is 16.9. The monoisotopic (exact) mass is 320 g/mol. The Morgan fingerprint density at radius 1 is 1.00 bits per heavy atom. The summed E-state index contributed by atoms with van der Waals surface area (Å²) in [4.78, 5) is 12.7. The number of aryl methyl sites for hydroxylation is 1. The van der Waals surface area contributed by atoms with E-state index in [1.807, 2.05) is 73.7 Å². The lowest BCUT2D eigenvalue weighted by Crippen LogP contribution is -2.08. The second-order valence-electron chi connectivity index (χ2n) is 5.77. The summed E-state index contributed by atoms with van der Waals surface area (Å²) in [6.45, 7) is 1.91. The summed E-state index contributed by atoms with van der Waals surface area (Å²) in [7, 11) is 1.64. The van der Waals surface area contributed by atoms with Crippen LogP contribution in [-0.4, -0.2) is 12.9 Å². The molecular weight excluding hydrogens is 300 g/mol. The van der Waals surface area contributed by atoms with Crippen LogP contribution in [0.4, 0.5) is 0 Å². The van der Waals surface area contributed by atoms with Crippen molar-refractivity contribution in [2.45, 2.75) is 19.3 Å². The Labute approximate surface area is 141 Å². The van der Waals surface area contributed by atoms with Gasteiger partial charge >= 0.3 is 0 Å². The second kappa shape index (κ2) is 7.18. The summed E-state index contributed by atoms with van der Waals surface area (Å²) in [5.41, 5.74) is 1.76. The number of benzene rings is 2. The number of carbonyl (C=O) groups excluding carboxylic acids is 1. The van der Waals surface area contributed by atoms with E-state index < -0.39 is 0 Å².